The van der Waals surface area contributed by atoms with E-state index in [-0.39, 0.29) is 6.61 Å². The molecular formula is C19H32O7. The van der Waals surface area contributed by atoms with E-state index in [1.807, 2.05) is 6.08 Å². The van der Waals surface area contributed by atoms with Gasteiger partial charge in [0.05, 0.1) is 0 Å². The summed E-state index contributed by atoms with van der Waals surface area (Å²) in [6.07, 6.45) is 5.95. The number of ether oxygens (including phenoxy) is 4. The first-order chi connectivity index (χ1) is 12.5. The van der Waals surface area contributed by atoms with Crippen LogP contribution >= 0.6 is 0 Å². The molecular weight excluding hydrogens is 340 g/mol. The number of allylic oxidation sites excluding steroid dienone is 1. The van der Waals surface area contributed by atoms with Crippen molar-refractivity contribution in [2.45, 2.75) is 83.4 Å². The zero-order valence-corrected chi connectivity index (χ0v) is 15.9. The van der Waals surface area contributed by atoms with Crippen LogP contribution in [0.2, 0.25) is 0 Å². The fourth-order valence-electron chi connectivity index (χ4n) is 2.79. The predicted molar refractivity (Wildman–Crippen MR) is 95.3 cm³/mol. The average Bonchev–Trinajstić information content (AvgIpc) is 2.87. The molecule has 0 bridgehead atoms. The molecule has 1 aliphatic rings. The van der Waals surface area contributed by atoms with Crippen LogP contribution in [0.1, 0.15) is 58.8 Å². The molecule has 1 heterocycles. The number of aliphatic hydroxyl groups excluding tert-OH is 1. The summed E-state index contributed by atoms with van der Waals surface area (Å²) in [7, 11) is 0. The lowest BCUT2D eigenvalue weighted by Gasteiger charge is -2.20. The second-order valence-corrected chi connectivity index (χ2v) is 6.48. The first-order valence-electron chi connectivity index (χ1n) is 9.32. The van der Waals surface area contributed by atoms with E-state index >= 15 is 0 Å². The quantitative estimate of drug-likeness (QED) is 0.302. The SMILES string of the molecule is C=CCCCCCCCCO[C@@H]1O[C@H](COC(C)=O)[C@@H](O)[C@H]1OC(C)=O. The predicted octanol–water partition coefficient (Wildman–Crippen LogP) is 2.50. The van der Waals surface area contributed by atoms with Crippen LogP contribution in [0, 0.1) is 0 Å². The van der Waals surface area contributed by atoms with Crippen molar-refractivity contribution in [3.8, 4) is 0 Å². The maximum Gasteiger partial charge on any atom is 0.303 e. The number of carbonyl (C=O) groups is 2. The molecule has 0 aromatic rings. The number of rotatable bonds is 13. The number of hydrogen-bond acceptors (Lipinski definition) is 7. The minimum atomic E-state index is -1.10. The summed E-state index contributed by atoms with van der Waals surface area (Å²) in [5.41, 5.74) is 0. The Bertz CT molecular complexity index is 438. The van der Waals surface area contributed by atoms with Gasteiger partial charge in [-0.1, -0.05) is 31.8 Å². The van der Waals surface area contributed by atoms with E-state index in [1.54, 1.807) is 0 Å². The van der Waals surface area contributed by atoms with Gasteiger partial charge in [-0.25, -0.2) is 0 Å². The first-order valence-corrected chi connectivity index (χ1v) is 9.32. The van der Waals surface area contributed by atoms with Gasteiger partial charge in [0.2, 0.25) is 0 Å². The summed E-state index contributed by atoms with van der Waals surface area (Å²) in [5.74, 6) is -0.999. The molecule has 0 aromatic heterocycles. The maximum atomic E-state index is 11.3. The van der Waals surface area contributed by atoms with Crippen LogP contribution in [0.5, 0.6) is 0 Å². The Morgan fingerprint density at radius 2 is 1.73 bits per heavy atom. The Morgan fingerprint density at radius 3 is 2.35 bits per heavy atom. The van der Waals surface area contributed by atoms with Crippen LogP contribution in [0.15, 0.2) is 12.7 Å². The number of carbonyl (C=O) groups excluding carboxylic acids is 2. The van der Waals surface area contributed by atoms with E-state index in [1.165, 1.54) is 33.1 Å². The van der Waals surface area contributed by atoms with E-state index in [0.29, 0.717) is 6.61 Å². The second kappa shape index (κ2) is 12.8. The molecule has 0 radical (unpaired) electrons. The summed E-state index contributed by atoms with van der Waals surface area (Å²) >= 11 is 0. The molecule has 1 N–H and O–H groups in total. The van der Waals surface area contributed by atoms with Crippen molar-refractivity contribution in [2.24, 2.45) is 0 Å². The molecule has 150 valence electrons. The number of esters is 2. The first kappa shape index (κ1) is 22.6. The molecule has 7 nitrogen and oxygen atoms in total. The summed E-state index contributed by atoms with van der Waals surface area (Å²) in [6, 6.07) is 0. The largest absolute Gasteiger partial charge is 0.463 e. The molecule has 0 unspecified atom stereocenters. The molecule has 0 aromatic carbocycles. The Morgan fingerprint density at radius 1 is 1.08 bits per heavy atom. The third kappa shape index (κ3) is 8.78. The van der Waals surface area contributed by atoms with Crippen LogP contribution in [-0.2, 0) is 28.5 Å². The van der Waals surface area contributed by atoms with Gasteiger partial charge in [0, 0.05) is 20.5 Å². The lowest BCUT2D eigenvalue weighted by molar-refractivity contribution is -0.189. The maximum absolute atomic E-state index is 11.3. The number of unbranched alkanes of at least 4 members (excludes halogenated alkanes) is 6. The lowest BCUT2D eigenvalue weighted by atomic mass is 10.1. The number of aliphatic hydroxyl groups is 1. The standard InChI is InChI=1S/C19H32O7/c1-4-5-6-7-8-9-10-11-12-23-19-18(25-15(3)21)17(22)16(26-19)13-24-14(2)20/h4,16-19,22H,1,5-13H2,2-3H3/t16-,17-,18-,19-/m1/s1. The van der Waals surface area contributed by atoms with Crippen LogP contribution in [0.4, 0.5) is 0 Å². The highest BCUT2D eigenvalue weighted by molar-refractivity contribution is 5.66. The van der Waals surface area contributed by atoms with Crippen molar-refractivity contribution in [1.82, 2.24) is 0 Å². The van der Waals surface area contributed by atoms with Crippen LogP contribution in [-0.4, -0.2) is 54.9 Å². The molecule has 1 rings (SSSR count). The summed E-state index contributed by atoms with van der Waals surface area (Å²) < 4.78 is 21.2. The average molecular weight is 372 g/mol. The van der Waals surface area contributed by atoms with Crippen molar-refractivity contribution in [1.29, 1.82) is 0 Å². The zero-order valence-electron chi connectivity index (χ0n) is 15.9. The molecule has 4 atom stereocenters. The van der Waals surface area contributed by atoms with Gasteiger partial charge in [0.1, 0.15) is 18.8 Å². The molecule has 7 heteroatoms. The third-order valence-electron chi connectivity index (χ3n) is 4.13. The van der Waals surface area contributed by atoms with Crippen LogP contribution in [0.3, 0.4) is 0 Å². The minimum absolute atomic E-state index is 0.112. The van der Waals surface area contributed by atoms with E-state index in [9.17, 15) is 14.7 Å². The lowest BCUT2D eigenvalue weighted by Crippen LogP contribution is -2.38. The van der Waals surface area contributed by atoms with Gasteiger partial charge in [-0.15, -0.1) is 6.58 Å². The summed E-state index contributed by atoms with van der Waals surface area (Å²) in [6.45, 7) is 6.58. The molecule has 0 aliphatic carbocycles. The highest BCUT2D eigenvalue weighted by atomic mass is 16.7. The van der Waals surface area contributed by atoms with E-state index in [4.69, 9.17) is 18.9 Å². The Labute approximate surface area is 155 Å². The molecule has 0 saturated carbocycles. The Kier molecular flexibility index (Phi) is 11.2. The smallest absolute Gasteiger partial charge is 0.303 e. The van der Waals surface area contributed by atoms with Crippen molar-refractivity contribution in [2.75, 3.05) is 13.2 Å². The van der Waals surface area contributed by atoms with Gasteiger partial charge in [-0.2, -0.15) is 0 Å². The fourth-order valence-corrected chi connectivity index (χ4v) is 2.79. The molecule has 0 amide bonds. The highest BCUT2D eigenvalue weighted by Crippen LogP contribution is 2.26. The van der Waals surface area contributed by atoms with Gasteiger partial charge in [0.15, 0.2) is 12.4 Å². The van der Waals surface area contributed by atoms with Crippen molar-refractivity contribution >= 4 is 11.9 Å². The topological polar surface area (TPSA) is 91.3 Å². The molecule has 26 heavy (non-hydrogen) atoms. The Balaban J connectivity index is 2.31. The monoisotopic (exact) mass is 372 g/mol. The van der Waals surface area contributed by atoms with Crippen LogP contribution in [0.25, 0.3) is 0 Å². The van der Waals surface area contributed by atoms with E-state index < -0.39 is 36.5 Å². The molecule has 1 aliphatic heterocycles. The van der Waals surface area contributed by atoms with E-state index in [0.717, 1.165) is 25.7 Å². The highest BCUT2D eigenvalue weighted by Gasteiger charge is 2.47. The van der Waals surface area contributed by atoms with E-state index in [2.05, 4.69) is 6.58 Å². The van der Waals surface area contributed by atoms with Gasteiger partial charge in [-0.05, 0) is 19.3 Å². The zero-order chi connectivity index (χ0) is 19.4. The van der Waals surface area contributed by atoms with Crippen LogP contribution < -0.4 is 0 Å². The minimum Gasteiger partial charge on any atom is -0.463 e. The number of hydrogen-bond donors (Lipinski definition) is 1. The van der Waals surface area contributed by atoms with Gasteiger partial charge < -0.3 is 24.1 Å². The summed E-state index contributed by atoms with van der Waals surface area (Å²) in [4.78, 5) is 22.2. The summed E-state index contributed by atoms with van der Waals surface area (Å²) in [5, 5.41) is 10.2. The van der Waals surface area contributed by atoms with Gasteiger partial charge >= 0.3 is 11.9 Å². The molecule has 1 fully saturated rings. The van der Waals surface area contributed by atoms with Crippen molar-refractivity contribution in [3.05, 3.63) is 12.7 Å². The van der Waals surface area contributed by atoms with Crippen molar-refractivity contribution < 1.29 is 33.6 Å². The van der Waals surface area contributed by atoms with Gasteiger partial charge in [0.25, 0.3) is 0 Å². The fraction of sp³-hybridized carbons (Fsp3) is 0.789. The Hall–Kier alpha value is -1.44. The van der Waals surface area contributed by atoms with Gasteiger partial charge in [-0.3, -0.25) is 9.59 Å². The molecule has 1 saturated heterocycles. The molecule has 0 spiro atoms. The van der Waals surface area contributed by atoms with Crippen molar-refractivity contribution in [3.63, 3.8) is 0 Å². The second-order valence-electron chi connectivity index (χ2n) is 6.48. The third-order valence-corrected chi connectivity index (χ3v) is 4.13. The normalized spacial score (nSPS) is 25.0.